The van der Waals surface area contributed by atoms with E-state index in [-0.39, 0.29) is 5.97 Å². The second-order valence-corrected chi connectivity index (χ2v) is 5.64. The predicted octanol–water partition coefficient (Wildman–Crippen LogP) is 1.12. The molecule has 2 saturated heterocycles. The second kappa shape index (κ2) is 5.89. The minimum Gasteiger partial charge on any atom is -0.462 e. The van der Waals surface area contributed by atoms with Gasteiger partial charge in [-0.3, -0.25) is 4.90 Å². The zero-order valence-electron chi connectivity index (χ0n) is 12.4. The highest BCUT2D eigenvalue weighted by Crippen LogP contribution is 2.27. The van der Waals surface area contributed by atoms with Crippen LogP contribution in [0, 0.1) is 0 Å². The van der Waals surface area contributed by atoms with Gasteiger partial charge in [-0.15, -0.1) is 0 Å². The van der Waals surface area contributed by atoms with Crippen molar-refractivity contribution in [1.82, 2.24) is 9.88 Å². The van der Waals surface area contributed by atoms with E-state index in [1.165, 1.54) is 19.4 Å². The van der Waals surface area contributed by atoms with Gasteiger partial charge in [-0.05, 0) is 32.4 Å². The second-order valence-electron chi connectivity index (χ2n) is 5.64. The van der Waals surface area contributed by atoms with Crippen LogP contribution in [-0.4, -0.2) is 54.7 Å². The van der Waals surface area contributed by atoms with E-state index in [1.54, 1.807) is 19.2 Å². The van der Waals surface area contributed by atoms with Gasteiger partial charge in [-0.2, -0.15) is 0 Å². The van der Waals surface area contributed by atoms with E-state index in [4.69, 9.17) is 10.5 Å². The zero-order chi connectivity index (χ0) is 14.8. The van der Waals surface area contributed by atoms with Crippen LogP contribution in [0.3, 0.4) is 0 Å². The highest BCUT2D eigenvalue weighted by molar-refractivity contribution is 5.95. The molecule has 0 aliphatic carbocycles. The lowest BCUT2D eigenvalue weighted by Crippen LogP contribution is -2.50. The van der Waals surface area contributed by atoms with Gasteiger partial charge in [0.25, 0.3) is 0 Å². The molecule has 6 nitrogen and oxygen atoms in total. The Morgan fingerprint density at radius 2 is 2.33 bits per heavy atom. The van der Waals surface area contributed by atoms with Crippen LogP contribution in [0.5, 0.6) is 0 Å². The first-order chi connectivity index (χ1) is 10.2. The number of ether oxygens (including phenoxy) is 1. The fraction of sp³-hybridized carbons (Fsp3) is 0.600. The first-order valence-electron chi connectivity index (χ1n) is 7.60. The molecule has 1 aromatic heterocycles. The van der Waals surface area contributed by atoms with E-state index in [1.807, 2.05) is 0 Å². The van der Waals surface area contributed by atoms with Crippen LogP contribution in [0.15, 0.2) is 12.3 Å². The van der Waals surface area contributed by atoms with E-state index in [0.717, 1.165) is 19.6 Å². The topological polar surface area (TPSA) is 71.7 Å². The number of nitrogens with two attached hydrogens (primary N) is 1. The van der Waals surface area contributed by atoms with E-state index in [9.17, 15) is 4.79 Å². The number of nitrogens with zero attached hydrogens (tertiary/aromatic N) is 3. The maximum Gasteiger partial charge on any atom is 0.341 e. The molecule has 6 heteroatoms. The number of piperazine rings is 1. The molecule has 1 unspecified atom stereocenters. The summed E-state index contributed by atoms with van der Waals surface area (Å²) < 4.78 is 5.13. The van der Waals surface area contributed by atoms with Crippen molar-refractivity contribution in [2.24, 2.45) is 0 Å². The third kappa shape index (κ3) is 2.81. The normalized spacial score (nSPS) is 22.1. The number of anilines is 2. The van der Waals surface area contributed by atoms with Gasteiger partial charge in [0, 0.05) is 25.7 Å². The lowest BCUT2D eigenvalue weighted by atomic mass is 10.1. The Morgan fingerprint density at radius 1 is 1.48 bits per heavy atom. The van der Waals surface area contributed by atoms with Crippen molar-refractivity contribution < 1.29 is 9.53 Å². The van der Waals surface area contributed by atoms with E-state index >= 15 is 0 Å². The van der Waals surface area contributed by atoms with Crippen LogP contribution in [0.25, 0.3) is 0 Å². The molecule has 2 fully saturated rings. The third-order valence-corrected chi connectivity index (χ3v) is 4.27. The summed E-state index contributed by atoms with van der Waals surface area (Å²) in [5, 5.41) is 0. The number of hydrogen-bond donors (Lipinski definition) is 1. The SMILES string of the molecule is CCOC(=O)c1cc(N)cnc1N1CCN2CCCC2C1. The van der Waals surface area contributed by atoms with E-state index in [0.29, 0.717) is 29.7 Å². The molecule has 1 atom stereocenters. The van der Waals surface area contributed by atoms with Crippen molar-refractivity contribution in [3.63, 3.8) is 0 Å². The molecule has 2 aliphatic heterocycles. The van der Waals surface area contributed by atoms with Crippen LogP contribution in [0.2, 0.25) is 0 Å². The van der Waals surface area contributed by atoms with Gasteiger partial charge in [0.1, 0.15) is 11.4 Å². The van der Waals surface area contributed by atoms with Gasteiger partial charge in [0.15, 0.2) is 0 Å². The van der Waals surface area contributed by atoms with Crippen molar-refractivity contribution in [2.75, 3.05) is 43.4 Å². The standard InChI is InChI=1S/C15H22N4O2/c1-2-21-15(20)13-8-11(16)9-17-14(13)19-7-6-18-5-3-4-12(18)10-19/h8-9,12H,2-7,10,16H2,1H3. The first kappa shape index (κ1) is 14.1. The molecule has 2 N–H and O–H groups in total. The van der Waals surface area contributed by atoms with Gasteiger partial charge in [-0.1, -0.05) is 0 Å². The van der Waals surface area contributed by atoms with Crippen LogP contribution in [-0.2, 0) is 4.74 Å². The maximum atomic E-state index is 12.1. The number of carbonyl (C=O) groups excluding carboxylic acids is 1. The van der Waals surface area contributed by atoms with Gasteiger partial charge < -0.3 is 15.4 Å². The molecule has 2 aliphatic rings. The number of fused-ring (bicyclic) bond motifs is 1. The minimum absolute atomic E-state index is 0.346. The summed E-state index contributed by atoms with van der Waals surface area (Å²) in [6, 6.07) is 2.24. The summed E-state index contributed by atoms with van der Waals surface area (Å²) >= 11 is 0. The third-order valence-electron chi connectivity index (χ3n) is 4.27. The highest BCUT2D eigenvalue weighted by Gasteiger charge is 2.32. The van der Waals surface area contributed by atoms with E-state index < -0.39 is 0 Å². The van der Waals surface area contributed by atoms with Crippen LogP contribution < -0.4 is 10.6 Å². The summed E-state index contributed by atoms with van der Waals surface area (Å²) in [5.41, 5.74) is 6.74. The molecule has 114 valence electrons. The number of carbonyl (C=O) groups is 1. The summed E-state index contributed by atoms with van der Waals surface area (Å²) in [6.45, 7) is 6.18. The molecular weight excluding hydrogens is 268 g/mol. The largest absolute Gasteiger partial charge is 0.462 e. The average Bonchev–Trinajstić information content (AvgIpc) is 2.94. The van der Waals surface area contributed by atoms with Crippen LogP contribution in [0.1, 0.15) is 30.1 Å². The van der Waals surface area contributed by atoms with Crippen LogP contribution in [0.4, 0.5) is 11.5 Å². The maximum absolute atomic E-state index is 12.1. The minimum atomic E-state index is -0.346. The molecule has 0 saturated carbocycles. The average molecular weight is 290 g/mol. The Hall–Kier alpha value is -1.82. The highest BCUT2D eigenvalue weighted by atomic mass is 16.5. The van der Waals surface area contributed by atoms with Crippen LogP contribution >= 0.6 is 0 Å². The number of esters is 1. The summed E-state index contributed by atoms with van der Waals surface area (Å²) in [7, 11) is 0. The molecule has 21 heavy (non-hydrogen) atoms. The number of rotatable bonds is 3. The van der Waals surface area contributed by atoms with Gasteiger partial charge >= 0.3 is 5.97 Å². The monoisotopic (exact) mass is 290 g/mol. The molecule has 0 spiro atoms. The Morgan fingerprint density at radius 3 is 3.14 bits per heavy atom. The number of aromatic nitrogens is 1. The molecule has 1 aromatic rings. The van der Waals surface area contributed by atoms with Crippen molar-refractivity contribution in [3.05, 3.63) is 17.8 Å². The smallest absolute Gasteiger partial charge is 0.341 e. The lowest BCUT2D eigenvalue weighted by Gasteiger charge is -2.38. The summed E-state index contributed by atoms with van der Waals surface area (Å²) in [6.07, 6.45) is 4.09. The number of nitrogen functional groups attached to an aromatic ring is 1. The Kier molecular flexibility index (Phi) is 3.96. The molecule has 3 rings (SSSR count). The summed E-state index contributed by atoms with van der Waals surface area (Å²) in [4.78, 5) is 21.3. The van der Waals surface area contributed by atoms with Gasteiger partial charge in [0.05, 0.1) is 18.5 Å². The van der Waals surface area contributed by atoms with Gasteiger partial charge in [-0.25, -0.2) is 9.78 Å². The van der Waals surface area contributed by atoms with Crippen molar-refractivity contribution in [1.29, 1.82) is 0 Å². The lowest BCUT2D eigenvalue weighted by molar-refractivity contribution is 0.0526. The Labute approximate surface area is 124 Å². The first-order valence-corrected chi connectivity index (χ1v) is 7.60. The number of hydrogen-bond acceptors (Lipinski definition) is 6. The molecular formula is C15H22N4O2. The Balaban J connectivity index is 1.85. The van der Waals surface area contributed by atoms with E-state index in [2.05, 4.69) is 14.8 Å². The molecule has 3 heterocycles. The number of pyridine rings is 1. The van der Waals surface area contributed by atoms with Gasteiger partial charge in [0.2, 0.25) is 0 Å². The van der Waals surface area contributed by atoms with Crippen molar-refractivity contribution in [3.8, 4) is 0 Å². The summed E-state index contributed by atoms with van der Waals surface area (Å²) in [5.74, 6) is 0.357. The molecule has 0 radical (unpaired) electrons. The zero-order valence-corrected chi connectivity index (χ0v) is 12.4. The van der Waals surface area contributed by atoms with Crippen molar-refractivity contribution >= 4 is 17.5 Å². The fourth-order valence-electron chi connectivity index (χ4n) is 3.27. The quantitative estimate of drug-likeness (QED) is 0.841. The fourth-order valence-corrected chi connectivity index (χ4v) is 3.27. The molecule has 0 bridgehead atoms. The molecule has 0 amide bonds. The predicted molar refractivity (Wildman–Crippen MR) is 81.4 cm³/mol. The molecule has 0 aromatic carbocycles. The Bertz CT molecular complexity index is 534. The van der Waals surface area contributed by atoms with Crippen molar-refractivity contribution in [2.45, 2.75) is 25.8 Å².